The van der Waals surface area contributed by atoms with Crippen LogP contribution in [-0.2, 0) is 13.0 Å². The number of benzene rings is 1. The van der Waals surface area contributed by atoms with Crippen LogP contribution in [0.25, 0.3) is 6.08 Å². The minimum atomic E-state index is -1.17. The van der Waals surface area contributed by atoms with Crippen LogP contribution in [0.15, 0.2) is 17.8 Å². The number of hydrogen-bond acceptors (Lipinski definition) is 2. The number of nitrogens with two attached hydrogens (primary N) is 1. The standard InChI is InChI=1S/C19H25FN2/c1-19(2,20)11-22-10-16-13(9-18(22)12-3-4-12)5-6-15-14(16)7-8-17(15)21/h5-6,9,12,17H,3-4,7-8,10-11,21H2,1-2H3/t17-/m0/s1. The third kappa shape index (κ3) is 2.45. The van der Waals surface area contributed by atoms with Crippen molar-refractivity contribution in [3.05, 3.63) is 40.1 Å². The molecule has 1 saturated carbocycles. The van der Waals surface area contributed by atoms with Crippen molar-refractivity contribution in [3.8, 4) is 0 Å². The van der Waals surface area contributed by atoms with E-state index in [1.54, 1.807) is 13.8 Å². The fraction of sp³-hybridized carbons (Fsp3) is 0.579. The first-order valence-electron chi connectivity index (χ1n) is 8.48. The van der Waals surface area contributed by atoms with E-state index in [-0.39, 0.29) is 6.04 Å². The second kappa shape index (κ2) is 4.82. The molecule has 1 heterocycles. The van der Waals surface area contributed by atoms with Gasteiger partial charge in [-0.1, -0.05) is 12.1 Å². The summed E-state index contributed by atoms with van der Waals surface area (Å²) >= 11 is 0. The van der Waals surface area contributed by atoms with Gasteiger partial charge in [0.2, 0.25) is 0 Å². The normalized spacial score (nSPS) is 24.1. The minimum Gasteiger partial charge on any atom is -0.367 e. The van der Waals surface area contributed by atoms with Crippen molar-refractivity contribution in [1.29, 1.82) is 0 Å². The van der Waals surface area contributed by atoms with Crippen LogP contribution >= 0.6 is 0 Å². The highest BCUT2D eigenvalue weighted by molar-refractivity contribution is 5.64. The van der Waals surface area contributed by atoms with Gasteiger partial charge in [0.15, 0.2) is 0 Å². The zero-order valence-corrected chi connectivity index (χ0v) is 13.5. The summed E-state index contributed by atoms with van der Waals surface area (Å²) in [7, 11) is 0. The van der Waals surface area contributed by atoms with Gasteiger partial charge < -0.3 is 10.6 Å². The summed E-state index contributed by atoms with van der Waals surface area (Å²) < 4.78 is 14.3. The highest BCUT2D eigenvalue weighted by Crippen LogP contribution is 2.44. The van der Waals surface area contributed by atoms with E-state index in [4.69, 9.17) is 5.73 Å². The molecule has 0 radical (unpaired) electrons. The van der Waals surface area contributed by atoms with Gasteiger partial charge in [-0.2, -0.15) is 0 Å². The number of rotatable bonds is 3. The van der Waals surface area contributed by atoms with Crippen molar-refractivity contribution in [1.82, 2.24) is 4.90 Å². The molecular formula is C19H25FN2. The Kier molecular flexibility index (Phi) is 3.12. The van der Waals surface area contributed by atoms with Crippen LogP contribution in [0.3, 0.4) is 0 Å². The first-order valence-corrected chi connectivity index (χ1v) is 8.48. The quantitative estimate of drug-likeness (QED) is 0.916. The lowest BCUT2D eigenvalue weighted by molar-refractivity contribution is 0.139. The maximum atomic E-state index is 14.3. The maximum absolute atomic E-state index is 14.3. The third-order valence-corrected chi connectivity index (χ3v) is 5.19. The number of alkyl halides is 1. The van der Waals surface area contributed by atoms with E-state index < -0.39 is 5.67 Å². The Labute approximate surface area is 132 Å². The first kappa shape index (κ1) is 14.3. The molecule has 0 aromatic heterocycles. The molecule has 1 aromatic carbocycles. The van der Waals surface area contributed by atoms with Gasteiger partial charge in [-0.3, -0.25) is 0 Å². The number of nitrogens with zero attached hydrogens (tertiary/aromatic N) is 1. The number of halogens is 1. The Balaban J connectivity index is 1.75. The van der Waals surface area contributed by atoms with Crippen LogP contribution in [-0.4, -0.2) is 17.1 Å². The third-order valence-electron chi connectivity index (χ3n) is 5.19. The molecule has 1 aliphatic heterocycles. The molecule has 1 aromatic rings. The zero-order valence-electron chi connectivity index (χ0n) is 13.5. The molecule has 2 aliphatic carbocycles. The van der Waals surface area contributed by atoms with Gasteiger partial charge in [0.1, 0.15) is 5.67 Å². The van der Waals surface area contributed by atoms with Crippen molar-refractivity contribution < 1.29 is 4.39 Å². The molecule has 0 bridgehead atoms. The van der Waals surface area contributed by atoms with Gasteiger partial charge in [0.25, 0.3) is 0 Å². The SMILES string of the molecule is CC(C)(F)CN1Cc2c(ccc3c2CC[C@@H]3N)C=C1C1CC1. The summed E-state index contributed by atoms with van der Waals surface area (Å²) in [5.41, 5.74) is 11.9. The van der Waals surface area contributed by atoms with Crippen molar-refractivity contribution in [2.75, 3.05) is 6.54 Å². The van der Waals surface area contributed by atoms with E-state index in [1.807, 2.05) is 0 Å². The van der Waals surface area contributed by atoms with Crippen molar-refractivity contribution in [3.63, 3.8) is 0 Å². The predicted molar refractivity (Wildman–Crippen MR) is 88.0 cm³/mol. The summed E-state index contributed by atoms with van der Waals surface area (Å²) in [5.74, 6) is 0.644. The Bertz CT molecular complexity index is 638. The molecule has 0 saturated heterocycles. The average Bonchev–Trinajstić information content (AvgIpc) is 3.20. The molecule has 0 spiro atoms. The van der Waals surface area contributed by atoms with Gasteiger partial charge in [-0.05, 0) is 73.8 Å². The van der Waals surface area contributed by atoms with Crippen LogP contribution < -0.4 is 5.73 Å². The van der Waals surface area contributed by atoms with E-state index >= 15 is 0 Å². The molecule has 0 unspecified atom stereocenters. The molecule has 118 valence electrons. The highest BCUT2D eigenvalue weighted by Gasteiger charge is 2.36. The summed E-state index contributed by atoms with van der Waals surface area (Å²) in [4.78, 5) is 2.28. The van der Waals surface area contributed by atoms with E-state index in [1.165, 1.54) is 40.8 Å². The molecule has 2 N–H and O–H groups in total. The average molecular weight is 300 g/mol. The fourth-order valence-electron chi connectivity index (χ4n) is 4.04. The van der Waals surface area contributed by atoms with Crippen LogP contribution in [0, 0.1) is 5.92 Å². The Morgan fingerprint density at radius 3 is 2.68 bits per heavy atom. The van der Waals surface area contributed by atoms with Crippen molar-refractivity contribution in [2.45, 2.75) is 57.8 Å². The molecule has 4 rings (SSSR count). The molecule has 1 fully saturated rings. The topological polar surface area (TPSA) is 29.3 Å². The van der Waals surface area contributed by atoms with Gasteiger partial charge in [-0.15, -0.1) is 0 Å². The lowest BCUT2D eigenvalue weighted by Gasteiger charge is -2.36. The Morgan fingerprint density at radius 1 is 1.23 bits per heavy atom. The van der Waals surface area contributed by atoms with Crippen molar-refractivity contribution >= 4 is 6.08 Å². The first-order chi connectivity index (χ1) is 10.4. The molecule has 2 nitrogen and oxygen atoms in total. The zero-order chi connectivity index (χ0) is 15.5. The highest BCUT2D eigenvalue weighted by atomic mass is 19.1. The molecule has 3 heteroatoms. The van der Waals surface area contributed by atoms with E-state index in [0.29, 0.717) is 12.5 Å². The summed E-state index contributed by atoms with van der Waals surface area (Å²) in [6, 6.07) is 4.61. The maximum Gasteiger partial charge on any atom is 0.122 e. The van der Waals surface area contributed by atoms with E-state index in [2.05, 4.69) is 23.1 Å². The summed E-state index contributed by atoms with van der Waals surface area (Å²) in [6.07, 6.45) is 6.92. The Hall–Kier alpha value is -1.35. The summed E-state index contributed by atoms with van der Waals surface area (Å²) in [5, 5.41) is 0. The lowest BCUT2D eigenvalue weighted by atomic mass is 9.91. The number of allylic oxidation sites excluding steroid dienone is 1. The second-order valence-electron chi connectivity index (χ2n) is 7.76. The minimum absolute atomic E-state index is 0.181. The van der Waals surface area contributed by atoms with Crippen LogP contribution in [0.2, 0.25) is 0 Å². The smallest absolute Gasteiger partial charge is 0.122 e. The van der Waals surface area contributed by atoms with Crippen LogP contribution in [0.4, 0.5) is 4.39 Å². The number of hydrogen-bond donors (Lipinski definition) is 1. The predicted octanol–water partition coefficient (Wildman–Crippen LogP) is 3.95. The van der Waals surface area contributed by atoms with Gasteiger partial charge >= 0.3 is 0 Å². The van der Waals surface area contributed by atoms with Crippen LogP contribution in [0.5, 0.6) is 0 Å². The fourth-order valence-corrected chi connectivity index (χ4v) is 4.04. The van der Waals surface area contributed by atoms with Crippen LogP contribution in [0.1, 0.15) is 61.4 Å². The molecule has 22 heavy (non-hydrogen) atoms. The lowest BCUT2D eigenvalue weighted by Crippen LogP contribution is -2.37. The van der Waals surface area contributed by atoms with E-state index in [9.17, 15) is 4.39 Å². The van der Waals surface area contributed by atoms with Gasteiger partial charge in [0.05, 0.1) is 6.54 Å². The van der Waals surface area contributed by atoms with E-state index in [0.717, 1.165) is 19.4 Å². The molecular weight excluding hydrogens is 275 g/mol. The molecule has 0 amide bonds. The second-order valence-corrected chi connectivity index (χ2v) is 7.76. The Morgan fingerprint density at radius 2 is 2.00 bits per heavy atom. The molecule has 3 aliphatic rings. The molecule has 1 atom stereocenters. The monoisotopic (exact) mass is 300 g/mol. The van der Waals surface area contributed by atoms with Crippen molar-refractivity contribution in [2.24, 2.45) is 11.7 Å². The number of fused-ring (bicyclic) bond motifs is 3. The summed E-state index contributed by atoms with van der Waals surface area (Å²) in [6.45, 7) is 4.68. The largest absolute Gasteiger partial charge is 0.367 e. The van der Waals surface area contributed by atoms with Gasteiger partial charge in [0, 0.05) is 18.3 Å². The van der Waals surface area contributed by atoms with Gasteiger partial charge in [-0.25, -0.2) is 4.39 Å².